The third-order valence-electron chi connectivity index (χ3n) is 8.98. The van der Waals surface area contributed by atoms with Crippen molar-refractivity contribution < 1.29 is 37.6 Å². The molecule has 0 saturated heterocycles. The van der Waals surface area contributed by atoms with Crippen molar-refractivity contribution in [2.24, 2.45) is 5.73 Å². The predicted molar refractivity (Wildman–Crippen MR) is 247 cm³/mol. The van der Waals surface area contributed by atoms with Crippen molar-refractivity contribution in [3.8, 4) is 0 Å². The van der Waals surface area contributed by atoms with Gasteiger partial charge >= 0.3 is 19.8 Å². The van der Waals surface area contributed by atoms with E-state index < -0.39 is 32.5 Å². The van der Waals surface area contributed by atoms with Crippen LogP contribution in [0, 0.1) is 0 Å². The van der Waals surface area contributed by atoms with Gasteiger partial charge in [-0.3, -0.25) is 18.6 Å². The largest absolute Gasteiger partial charge is 0.472 e. The van der Waals surface area contributed by atoms with Gasteiger partial charge in [-0.25, -0.2) is 4.57 Å². The number of rotatable bonds is 41. The van der Waals surface area contributed by atoms with E-state index in [1.807, 2.05) is 0 Å². The first-order valence-electron chi connectivity index (χ1n) is 22.7. The molecule has 0 fully saturated rings. The molecule has 0 aliphatic heterocycles. The molecule has 0 bridgehead atoms. The van der Waals surface area contributed by atoms with Gasteiger partial charge in [0.2, 0.25) is 0 Å². The van der Waals surface area contributed by atoms with Gasteiger partial charge in [-0.2, -0.15) is 0 Å². The second kappa shape index (κ2) is 44.5. The summed E-state index contributed by atoms with van der Waals surface area (Å²) in [6, 6.07) is 0. The van der Waals surface area contributed by atoms with Gasteiger partial charge in [0.1, 0.15) is 6.61 Å². The molecule has 0 rings (SSSR count). The zero-order valence-electron chi connectivity index (χ0n) is 36.9. The average Bonchev–Trinajstić information content (AvgIpc) is 3.22. The van der Waals surface area contributed by atoms with Gasteiger partial charge in [0.05, 0.1) is 13.2 Å². The molecule has 59 heavy (non-hydrogen) atoms. The summed E-state index contributed by atoms with van der Waals surface area (Å²) >= 11 is 0. The minimum absolute atomic E-state index is 0.0477. The lowest BCUT2D eigenvalue weighted by atomic mass is 10.1. The molecule has 0 radical (unpaired) electrons. The van der Waals surface area contributed by atoms with Crippen molar-refractivity contribution in [1.29, 1.82) is 0 Å². The topological polar surface area (TPSA) is 134 Å². The van der Waals surface area contributed by atoms with Crippen molar-refractivity contribution >= 4 is 19.8 Å². The van der Waals surface area contributed by atoms with Crippen LogP contribution in [0.5, 0.6) is 0 Å². The van der Waals surface area contributed by atoms with Crippen molar-refractivity contribution in [3.63, 3.8) is 0 Å². The Morgan fingerprint density at radius 3 is 1.39 bits per heavy atom. The Morgan fingerprint density at radius 1 is 0.525 bits per heavy atom. The van der Waals surface area contributed by atoms with Crippen molar-refractivity contribution in [2.45, 2.75) is 174 Å². The molecule has 0 aromatic rings. The van der Waals surface area contributed by atoms with E-state index in [1.165, 1.54) is 25.7 Å². The summed E-state index contributed by atoms with van der Waals surface area (Å²) in [5.41, 5.74) is 5.32. The molecule has 0 aliphatic rings. The lowest BCUT2D eigenvalue weighted by molar-refractivity contribution is -0.161. The molecule has 0 aromatic heterocycles. The Labute approximate surface area is 359 Å². The second-order valence-corrected chi connectivity index (χ2v) is 16.0. The molecule has 336 valence electrons. The maximum Gasteiger partial charge on any atom is 0.472 e. The van der Waals surface area contributed by atoms with Crippen LogP contribution in [-0.2, 0) is 32.7 Å². The second-order valence-electron chi connectivity index (χ2n) is 14.5. The van der Waals surface area contributed by atoms with E-state index >= 15 is 0 Å². The number of carbonyl (C=O) groups is 2. The maximum absolute atomic E-state index is 12.5. The number of unbranched alkanes of at least 4 members (excludes halogenated alkanes) is 12. The summed E-state index contributed by atoms with van der Waals surface area (Å²) in [6.45, 7) is 3.48. The molecular weight excluding hydrogens is 762 g/mol. The zero-order chi connectivity index (χ0) is 43.2. The maximum atomic E-state index is 12.5. The number of nitrogens with two attached hydrogens (primary N) is 1. The fourth-order valence-corrected chi connectivity index (χ4v) is 6.41. The highest BCUT2D eigenvalue weighted by Gasteiger charge is 2.26. The number of esters is 2. The summed E-state index contributed by atoms with van der Waals surface area (Å²) in [5.74, 6) is -0.861. The molecule has 2 atom stereocenters. The van der Waals surface area contributed by atoms with Crippen molar-refractivity contribution in [2.75, 3.05) is 26.4 Å². The fraction of sp³-hybridized carbons (Fsp3) is 0.633. The lowest BCUT2D eigenvalue weighted by Gasteiger charge is -2.19. The highest BCUT2D eigenvalue weighted by Crippen LogP contribution is 2.43. The normalized spacial score (nSPS) is 14.2. The smallest absolute Gasteiger partial charge is 0.462 e. The molecule has 9 nitrogen and oxygen atoms in total. The van der Waals surface area contributed by atoms with Crippen LogP contribution in [0.2, 0.25) is 0 Å². The molecule has 0 saturated carbocycles. The van der Waals surface area contributed by atoms with Crippen LogP contribution in [0.4, 0.5) is 0 Å². The average molecular weight is 844 g/mol. The summed E-state index contributed by atoms with van der Waals surface area (Å²) in [5, 5.41) is 0. The van der Waals surface area contributed by atoms with Crippen molar-refractivity contribution in [1.82, 2.24) is 0 Å². The zero-order valence-corrected chi connectivity index (χ0v) is 37.8. The molecule has 3 N–H and O–H groups in total. The minimum Gasteiger partial charge on any atom is -0.462 e. The SMILES string of the molecule is CC/C=C\C/C=C\C/C=C\C/C=C\C/C=C\C/C=C\C/C=C\C/C=C\CCCCCCCCCCC(=O)OC(COC(=O)CCCCCCC)COP(=O)(O)OCCN. The Kier molecular flexibility index (Phi) is 42.2. The molecule has 10 heteroatoms. The van der Waals surface area contributed by atoms with Crippen molar-refractivity contribution in [3.05, 3.63) is 97.2 Å². The molecule has 0 amide bonds. The van der Waals surface area contributed by atoms with Crippen LogP contribution < -0.4 is 5.73 Å². The summed E-state index contributed by atoms with van der Waals surface area (Å²) < 4.78 is 32.5. The number of phosphoric ester groups is 1. The van der Waals surface area contributed by atoms with E-state index in [4.69, 9.17) is 24.3 Å². The first kappa shape index (κ1) is 55.9. The number of allylic oxidation sites excluding steroid dienone is 16. The number of hydrogen-bond donors (Lipinski definition) is 2. The molecule has 0 spiro atoms. The first-order chi connectivity index (χ1) is 28.8. The van der Waals surface area contributed by atoms with E-state index in [9.17, 15) is 19.0 Å². The number of carbonyl (C=O) groups excluding carboxylic acids is 2. The first-order valence-corrected chi connectivity index (χ1v) is 24.2. The van der Waals surface area contributed by atoms with Crippen LogP contribution >= 0.6 is 7.82 Å². The Hall–Kier alpha value is -3.07. The molecule has 2 unspecified atom stereocenters. The standard InChI is InChI=1S/C49H82NO8P/c1-3-5-7-9-10-11-12-13-14-15-16-17-18-19-20-21-22-23-24-25-26-27-28-29-30-31-32-33-34-35-36-38-40-42-49(52)58-47(46-57-59(53,54)56-44-43-50)45-55-48(51)41-39-37-8-6-4-2/h5,7,10-11,13-14,16-17,19-20,22-23,25-26,28-29,47H,3-4,6,8-9,12,15,18,21,24,27,30-46,50H2,1-2H3,(H,53,54)/b7-5-,11-10-,14-13-,17-16-,20-19-,23-22-,26-25-,29-28-. The Morgan fingerprint density at radius 2 is 0.932 bits per heavy atom. The van der Waals surface area contributed by atoms with Gasteiger partial charge in [0.25, 0.3) is 0 Å². The van der Waals surface area contributed by atoms with Gasteiger partial charge in [0.15, 0.2) is 6.10 Å². The van der Waals surface area contributed by atoms with Gasteiger partial charge in [-0.05, 0) is 77.0 Å². The van der Waals surface area contributed by atoms with Gasteiger partial charge in [0, 0.05) is 19.4 Å². The third-order valence-corrected chi connectivity index (χ3v) is 9.97. The van der Waals surface area contributed by atoms with Crippen LogP contribution in [0.25, 0.3) is 0 Å². The quantitative estimate of drug-likeness (QED) is 0.0267. The number of phosphoric acid groups is 1. The third kappa shape index (κ3) is 44.3. The molecule has 0 heterocycles. The minimum atomic E-state index is -4.37. The monoisotopic (exact) mass is 844 g/mol. The van der Waals surface area contributed by atoms with Gasteiger partial charge in [-0.15, -0.1) is 0 Å². The summed E-state index contributed by atoms with van der Waals surface area (Å²) in [4.78, 5) is 34.5. The predicted octanol–water partition coefficient (Wildman–Crippen LogP) is 13.4. The number of hydrogen-bond acceptors (Lipinski definition) is 8. The van der Waals surface area contributed by atoms with Crippen LogP contribution in [-0.4, -0.2) is 49.3 Å². The summed E-state index contributed by atoms with van der Waals surface area (Å²) in [7, 11) is -4.37. The molecule has 0 aromatic carbocycles. The highest BCUT2D eigenvalue weighted by atomic mass is 31.2. The van der Waals surface area contributed by atoms with Crippen LogP contribution in [0.15, 0.2) is 97.2 Å². The van der Waals surface area contributed by atoms with E-state index in [-0.39, 0.29) is 32.6 Å². The lowest BCUT2D eigenvalue weighted by Crippen LogP contribution is -2.29. The van der Waals surface area contributed by atoms with E-state index in [0.717, 1.165) is 109 Å². The van der Waals surface area contributed by atoms with Crippen LogP contribution in [0.1, 0.15) is 168 Å². The summed E-state index contributed by atoms with van der Waals surface area (Å²) in [6.07, 6.45) is 57.9. The molecular formula is C49H82NO8P. The Bertz CT molecular complexity index is 1280. The fourth-order valence-electron chi connectivity index (χ4n) is 5.65. The van der Waals surface area contributed by atoms with E-state index in [1.54, 1.807) is 0 Å². The molecule has 0 aliphatic carbocycles. The van der Waals surface area contributed by atoms with E-state index in [2.05, 4.69) is 111 Å². The van der Waals surface area contributed by atoms with Gasteiger partial charge in [-0.1, -0.05) is 175 Å². The number of ether oxygens (including phenoxy) is 2. The Balaban J connectivity index is 3.94. The van der Waals surface area contributed by atoms with E-state index in [0.29, 0.717) is 6.42 Å². The highest BCUT2D eigenvalue weighted by molar-refractivity contribution is 7.47. The van der Waals surface area contributed by atoms with Crippen LogP contribution in [0.3, 0.4) is 0 Å². The van der Waals surface area contributed by atoms with Gasteiger partial charge < -0.3 is 20.1 Å².